The number of rotatable bonds is 3. The molecule has 0 heterocycles. The summed E-state index contributed by atoms with van der Waals surface area (Å²) in [5.74, 6) is 0. The Kier molecular flexibility index (Phi) is 11.3. The molecule has 0 spiro atoms. The Labute approximate surface area is 91.6 Å². The van der Waals surface area contributed by atoms with Gasteiger partial charge in [0.2, 0.25) is 0 Å². The minimum atomic E-state index is 0.427. The molecule has 0 amide bonds. The van der Waals surface area contributed by atoms with Crippen molar-refractivity contribution in [2.75, 3.05) is 12.4 Å². The van der Waals surface area contributed by atoms with Crippen molar-refractivity contribution in [3.63, 3.8) is 0 Å². The number of hydrogen-bond acceptors (Lipinski definition) is 2. The van der Waals surface area contributed by atoms with Gasteiger partial charge in [-0.3, -0.25) is 5.41 Å². The summed E-state index contributed by atoms with van der Waals surface area (Å²) in [4.78, 5) is 0. The van der Waals surface area contributed by atoms with Crippen LogP contribution in [0.15, 0.2) is 11.3 Å². The predicted octanol–water partition coefficient (Wildman–Crippen LogP) is 3.27. The van der Waals surface area contributed by atoms with E-state index in [0.29, 0.717) is 4.62 Å². The Balaban J connectivity index is 0. The van der Waals surface area contributed by atoms with Crippen LogP contribution in [0.3, 0.4) is 0 Å². The Morgan fingerprint density at radius 2 is 1.83 bits per heavy atom. The van der Waals surface area contributed by atoms with Crippen LogP contribution < -0.4 is 5.32 Å². The zero-order valence-electron chi connectivity index (χ0n) is 7.96. The third-order valence-corrected chi connectivity index (χ3v) is 2.37. The Morgan fingerprint density at radius 1 is 1.42 bits per heavy atom. The van der Waals surface area contributed by atoms with Crippen molar-refractivity contribution in [2.45, 2.75) is 20.8 Å². The van der Waals surface area contributed by atoms with Gasteiger partial charge in [-0.2, -0.15) is 0 Å². The predicted molar refractivity (Wildman–Crippen MR) is 63.6 cm³/mol. The molecule has 0 aliphatic rings. The molecule has 0 saturated heterocycles. The van der Waals surface area contributed by atoms with Gasteiger partial charge in [-0.1, -0.05) is 29.8 Å². The fourth-order valence-electron chi connectivity index (χ4n) is 0.487. The van der Waals surface area contributed by atoms with Gasteiger partial charge in [0.25, 0.3) is 0 Å². The van der Waals surface area contributed by atoms with E-state index >= 15 is 0 Å². The number of halogens is 2. The highest BCUT2D eigenvalue weighted by molar-refractivity contribution is 9.18. The van der Waals surface area contributed by atoms with Gasteiger partial charge in [-0.25, -0.2) is 0 Å². The maximum absolute atomic E-state index is 7.24. The minimum absolute atomic E-state index is 0.427. The van der Waals surface area contributed by atoms with E-state index in [4.69, 9.17) is 5.41 Å². The standard InChI is InChI=1S/C6H10Br2N2.C2H6/c1-4(6(8)9)5(3-7)10-2;1-2/h9-10H,3H2,1-2H3;1-2H3/b5-4-,9-6?;. The first-order chi connectivity index (χ1) is 5.63. The van der Waals surface area contributed by atoms with E-state index in [-0.39, 0.29) is 0 Å². The molecule has 0 saturated carbocycles. The molecule has 0 radical (unpaired) electrons. The molecule has 0 aliphatic carbocycles. The van der Waals surface area contributed by atoms with Gasteiger partial charge in [-0.05, 0) is 22.9 Å². The lowest BCUT2D eigenvalue weighted by Gasteiger charge is -2.05. The fraction of sp³-hybridized carbons (Fsp3) is 0.625. The summed E-state index contributed by atoms with van der Waals surface area (Å²) < 4.78 is 0.427. The molecule has 2 N–H and O–H groups in total. The summed E-state index contributed by atoms with van der Waals surface area (Å²) in [6.07, 6.45) is 0. The molecular weight excluding hydrogens is 284 g/mol. The second-order valence-corrected chi connectivity index (χ2v) is 3.15. The SMILES string of the molecule is CC.CN/C(CBr)=C(/C)C(=N)Br. The summed E-state index contributed by atoms with van der Waals surface area (Å²) in [6.45, 7) is 5.89. The highest BCUT2D eigenvalue weighted by Crippen LogP contribution is 2.08. The van der Waals surface area contributed by atoms with Crippen molar-refractivity contribution >= 4 is 36.5 Å². The zero-order chi connectivity index (χ0) is 10.1. The molecular formula is C8H16Br2N2. The van der Waals surface area contributed by atoms with Crippen molar-refractivity contribution in [1.82, 2.24) is 5.32 Å². The first-order valence-corrected chi connectivity index (χ1v) is 5.72. The largest absolute Gasteiger partial charge is 0.390 e. The number of alkyl halides is 1. The van der Waals surface area contributed by atoms with E-state index < -0.39 is 0 Å². The van der Waals surface area contributed by atoms with Gasteiger partial charge in [-0.15, -0.1) is 0 Å². The lowest BCUT2D eigenvalue weighted by molar-refractivity contribution is 0.984. The first kappa shape index (κ1) is 14.7. The van der Waals surface area contributed by atoms with E-state index in [2.05, 4.69) is 37.2 Å². The second kappa shape index (κ2) is 9.26. The van der Waals surface area contributed by atoms with Gasteiger partial charge >= 0.3 is 0 Å². The molecule has 2 nitrogen and oxygen atoms in total. The smallest absolute Gasteiger partial charge is 0.101 e. The Morgan fingerprint density at radius 3 is 1.92 bits per heavy atom. The summed E-state index contributed by atoms with van der Waals surface area (Å²) >= 11 is 6.39. The third-order valence-electron chi connectivity index (χ3n) is 1.22. The van der Waals surface area contributed by atoms with Crippen molar-refractivity contribution in [2.24, 2.45) is 0 Å². The van der Waals surface area contributed by atoms with E-state index in [1.807, 2.05) is 27.8 Å². The Bertz CT molecular complexity index is 158. The zero-order valence-corrected chi connectivity index (χ0v) is 11.1. The van der Waals surface area contributed by atoms with Gasteiger partial charge < -0.3 is 5.32 Å². The van der Waals surface area contributed by atoms with Crippen molar-refractivity contribution in [3.8, 4) is 0 Å². The van der Waals surface area contributed by atoms with E-state index in [0.717, 1.165) is 16.6 Å². The van der Waals surface area contributed by atoms with Crippen LogP contribution in [0.4, 0.5) is 0 Å². The molecule has 0 bridgehead atoms. The monoisotopic (exact) mass is 298 g/mol. The Hall–Kier alpha value is 0.170. The molecule has 12 heavy (non-hydrogen) atoms. The van der Waals surface area contributed by atoms with Crippen LogP contribution in [0.5, 0.6) is 0 Å². The van der Waals surface area contributed by atoms with Crippen LogP contribution in [0, 0.1) is 5.41 Å². The maximum Gasteiger partial charge on any atom is 0.101 e. The quantitative estimate of drug-likeness (QED) is 0.609. The van der Waals surface area contributed by atoms with Crippen LogP contribution in [0.2, 0.25) is 0 Å². The van der Waals surface area contributed by atoms with Gasteiger partial charge in [0, 0.05) is 23.6 Å². The van der Waals surface area contributed by atoms with Gasteiger partial charge in [0.05, 0.1) is 0 Å². The molecule has 0 aliphatic heterocycles. The topological polar surface area (TPSA) is 35.9 Å². The molecule has 0 aromatic carbocycles. The maximum atomic E-state index is 7.24. The average Bonchev–Trinajstić information content (AvgIpc) is 2.10. The first-order valence-electron chi connectivity index (χ1n) is 3.81. The highest BCUT2D eigenvalue weighted by Gasteiger charge is 2.00. The molecule has 0 unspecified atom stereocenters. The summed E-state index contributed by atoms with van der Waals surface area (Å²) in [5.41, 5.74) is 1.96. The number of hydrogen-bond donors (Lipinski definition) is 2. The molecule has 72 valence electrons. The van der Waals surface area contributed by atoms with E-state index in [1.54, 1.807) is 0 Å². The summed E-state index contributed by atoms with van der Waals surface area (Å²) in [5, 5.41) is 11.0. The van der Waals surface area contributed by atoms with Crippen LogP contribution in [0.1, 0.15) is 20.8 Å². The molecule has 0 aromatic heterocycles. The molecule has 0 aromatic rings. The summed E-state index contributed by atoms with van der Waals surface area (Å²) in [6, 6.07) is 0. The van der Waals surface area contributed by atoms with Crippen LogP contribution in [0.25, 0.3) is 0 Å². The number of allylic oxidation sites excluding steroid dienone is 2. The lowest BCUT2D eigenvalue weighted by atomic mass is 10.3. The highest BCUT2D eigenvalue weighted by atomic mass is 79.9. The summed E-state index contributed by atoms with van der Waals surface area (Å²) in [7, 11) is 1.84. The van der Waals surface area contributed by atoms with E-state index in [1.165, 1.54) is 0 Å². The molecule has 4 heteroatoms. The molecule has 0 fully saturated rings. The van der Waals surface area contributed by atoms with Crippen LogP contribution in [-0.4, -0.2) is 17.0 Å². The minimum Gasteiger partial charge on any atom is -0.390 e. The second-order valence-electron chi connectivity index (χ2n) is 1.80. The lowest BCUT2D eigenvalue weighted by Crippen LogP contribution is -2.11. The van der Waals surface area contributed by atoms with Crippen LogP contribution >= 0.6 is 31.9 Å². The van der Waals surface area contributed by atoms with E-state index in [9.17, 15) is 0 Å². The van der Waals surface area contributed by atoms with Crippen molar-refractivity contribution in [1.29, 1.82) is 5.41 Å². The van der Waals surface area contributed by atoms with Crippen LogP contribution in [-0.2, 0) is 0 Å². The normalized spacial score (nSPS) is 10.8. The number of nitrogens with one attached hydrogen (secondary N) is 2. The molecule has 0 rings (SSSR count). The van der Waals surface area contributed by atoms with Gasteiger partial charge in [0.15, 0.2) is 0 Å². The fourth-order valence-corrected chi connectivity index (χ4v) is 1.43. The average molecular weight is 300 g/mol. The molecule has 0 atom stereocenters. The van der Waals surface area contributed by atoms with Gasteiger partial charge in [0.1, 0.15) is 4.62 Å². The third kappa shape index (κ3) is 5.77. The van der Waals surface area contributed by atoms with Crippen molar-refractivity contribution < 1.29 is 0 Å². The van der Waals surface area contributed by atoms with Crippen molar-refractivity contribution in [3.05, 3.63) is 11.3 Å².